The minimum Gasteiger partial charge on any atom is -0.454 e. The second kappa shape index (κ2) is 5.41. The molecule has 1 aromatic carbocycles. The predicted molar refractivity (Wildman–Crippen MR) is 75.0 cm³/mol. The fourth-order valence-electron chi connectivity index (χ4n) is 2.59. The van der Waals surface area contributed by atoms with E-state index in [1.54, 1.807) is 6.07 Å². The van der Waals surface area contributed by atoms with Crippen molar-refractivity contribution in [1.29, 1.82) is 0 Å². The number of amides is 1. The number of hydrogen-bond donors (Lipinski definition) is 0. The number of alkyl halides is 1. The van der Waals surface area contributed by atoms with E-state index in [2.05, 4.69) is 15.9 Å². The van der Waals surface area contributed by atoms with Crippen molar-refractivity contribution >= 4 is 21.8 Å². The third-order valence-corrected chi connectivity index (χ3v) is 4.56. The number of carbonyl (C=O) groups excluding carboxylic acids is 1. The normalized spacial score (nSPS) is 21.5. The van der Waals surface area contributed by atoms with Gasteiger partial charge in [-0.3, -0.25) is 4.79 Å². The Morgan fingerprint density at radius 2 is 2.21 bits per heavy atom. The lowest BCUT2D eigenvalue weighted by Crippen LogP contribution is -2.40. The molecule has 0 aromatic heterocycles. The highest BCUT2D eigenvalue weighted by molar-refractivity contribution is 9.09. The summed E-state index contributed by atoms with van der Waals surface area (Å²) in [5.74, 6) is 2.03. The van der Waals surface area contributed by atoms with Gasteiger partial charge in [0, 0.05) is 24.0 Å². The maximum absolute atomic E-state index is 12.5. The molecule has 0 bridgehead atoms. The van der Waals surface area contributed by atoms with Crippen molar-refractivity contribution in [2.45, 2.75) is 12.8 Å². The maximum Gasteiger partial charge on any atom is 0.254 e. The standard InChI is InChI=1S/C14H16BrNO3/c15-7-10-2-1-5-16(8-10)14(17)11-3-4-12-13(6-11)19-9-18-12/h3-4,6,10H,1-2,5,7-9H2. The molecule has 0 radical (unpaired) electrons. The van der Waals surface area contributed by atoms with Crippen LogP contribution >= 0.6 is 15.9 Å². The van der Waals surface area contributed by atoms with Crippen molar-refractivity contribution in [2.24, 2.45) is 5.92 Å². The largest absolute Gasteiger partial charge is 0.454 e. The van der Waals surface area contributed by atoms with E-state index in [0.29, 0.717) is 23.0 Å². The first-order chi connectivity index (χ1) is 9.28. The average Bonchev–Trinajstić information content (AvgIpc) is 2.94. The van der Waals surface area contributed by atoms with E-state index >= 15 is 0 Å². The molecule has 0 spiro atoms. The van der Waals surface area contributed by atoms with E-state index in [9.17, 15) is 4.79 Å². The molecule has 0 aliphatic carbocycles. The van der Waals surface area contributed by atoms with Crippen molar-refractivity contribution in [3.8, 4) is 11.5 Å². The number of nitrogens with zero attached hydrogens (tertiary/aromatic N) is 1. The van der Waals surface area contributed by atoms with Gasteiger partial charge in [0.15, 0.2) is 11.5 Å². The van der Waals surface area contributed by atoms with Gasteiger partial charge in [-0.05, 0) is 37.0 Å². The molecular weight excluding hydrogens is 310 g/mol. The topological polar surface area (TPSA) is 38.8 Å². The Hall–Kier alpha value is -1.23. The SMILES string of the molecule is O=C(c1ccc2c(c1)OCO2)N1CCCC(CBr)C1. The lowest BCUT2D eigenvalue weighted by molar-refractivity contribution is 0.0685. The first-order valence-electron chi connectivity index (χ1n) is 6.53. The number of halogens is 1. The molecule has 19 heavy (non-hydrogen) atoms. The van der Waals surface area contributed by atoms with Crippen LogP contribution in [0.2, 0.25) is 0 Å². The number of benzene rings is 1. The summed E-state index contributed by atoms with van der Waals surface area (Å²) in [6.45, 7) is 1.91. The summed E-state index contributed by atoms with van der Waals surface area (Å²) in [6.07, 6.45) is 2.27. The van der Waals surface area contributed by atoms with Gasteiger partial charge in [0.2, 0.25) is 6.79 Å². The molecule has 0 N–H and O–H groups in total. The Bertz CT molecular complexity index is 492. The van der Waals surface area contributed by atoms with Crippen LogP contribution in [0.4, 0.5) is 0 Å². The highest BCUT2D eigenvalue weighted by Crippen LogP contribution is 2.33. The Morgan fingerprint density at radius 1 is 1.37 bits per heavy atom. The van der Waals surface area contributed by atoms with Crippen LogP contribution in [-0.4, -0.2) is 36.0 Å². The highest BCUT2D eigenvalue weighted by atomic mass is 79.9. The van der Waals surface area contributed by atoms with Crippen LogP contribution < -0.4 is 9.47 Å². The summed E-state index contributed by atoms with van der Waals surface area (Å²) in [4.78, 5) is 14.4. The lowest BCUT2D eigenvalue weighted by Gasteiger charge is -2.32. The smallest absolute Gasteiger partial charge is 0.254 e. The summed E-state index contributed by atoms with van der Waals surface area (Å²) < 4.78 is 10.6. The number of rotatable bonds is 2. The van der Waals surface area contributed by atoms with Gasteiger partial charge in [-0.25, -0.2) is 0 Å². The van der Waals surface area contributed by atoms with E-state index in [-0.39, 0.29) is 12.7 Å². The molecule has 4 nitrogen and oxygen atoms in total. The van der Waals surface area contributed by atoms with Gasteiger partial charge >= 0.3 is 0 Å². The number of likely N-dealkylation sites (tertiary alicyclic amines) is 1. The average molecular weight is 326 g/mol. The molecule has 1 unspecified atom stereocenters. The number of piperidine rings is 1. The molecule has 1 fully saturated rings. The van der Waals surface area contributed by atoms with E-state index < -0.39 is 0 Å². The number of ether oxygens (including phenoxy) is 2. The maximum atomic E-state index is 12.5. The Kier molecular flexibility index (Phi) is 3.64. The summed E-state index contributed by atoms with van der Waals surface area (Å²) >= 11 is 3.51. The van der Waals surface area contributed by atoms with Crippen molar-refractivity contribution < 1.29 is 14.3 Å². The zero-order valence-corrected chi connectivity index (χ0v) is 12.2. The molecular formula is C14H16BrNO3. The molecule has 0 saturated carbocycles. The first kappa shape index (κ1) is 12.8. The van der Waals surface area contributed by atoms with Gasteiger partial charge in [-0.2, -0.15) is 0 Å². The van der Waals surface area contributed by atoms with Gasteiger partial charge in [0.1, 0.15) is 0 Å². The Labute approximate surface area is 120 Å². The molecule has 3 rings (SSSR count). The van der Waals surface area contributed by atoms with Crippen LogP contribution in [0.3, 0.4) is 0 Å². The molecule has 102 valence electrons. The summed E-state index contributed by atoms with van der Waals surface area (Å²) in [7, 11) is 0. The summed E-state index contributed by atoms with van der Waals surface area (Å²) in [5.41, 5.74) is 0.680. The second-order valence-electron chi connectivity index (χ2n) is 4.98. The van der Waals surface area contributed by atoms with Gasteiger partial charge in [-0.1, -0.05) is 15.9 Å². The van der Waals surface area contributed by atoms with Crippen LogP contribution in [0.5, 0.6) is 11.5 Å². The van der Waals surface area contributed by atoms with Crippen molar-refractivity contribution in [2.75, 3.05) is 25.2 Å². The van der Waals surface area contributed by atoms with Gasteiger partial charge in [0.25, 0.3) is 5.91 Å². The second-order valence-corrected chi connectivity index (χ2v) is 5.63. The van der Waals surface area contributed by atoms with Crippen molar-refractivity contribution in [1.82, 2.24) is 4.90 Å². The molecule has 1 saturated heterocycles. The van der Waals surface area contributed by atoms with Gasteiger partial charge in [0.05, 0.1) is 0 Å². The fourth-order valence-corrected chi connectivity index (χ4v) is 3.12. The fraction of sp³-hybridized carbons (Fsp3) is 0.500. The van der Waals surface area contributed by atoms with E-state index in [0.717, 1.165) is 24.8 Å². The highest BCUT2D eigenvalue weighted by Gasteiger charge is 2.25. The predicted octanol–water partition coefficient (Wildman–Crippen LogP) is 2.66. The van der Waals surface area contributed by atoms with Crippen molar-refractivity contribution in [3.63, 3.8) is 0 Å². The Balaban J connectivity index is 1.76. The van der Waals surface area contributed by atoms with Crippen LogP contribution in [0.25, 0.3) is 0 Å². The third-order valence-electron chi connectivity index (χ3n) is 3.64. The number of hydrogen-bond acceptors (Lipinski definition) is 3. The zero-order chi connectivity index (χ0) is 13.2. The van der Waals surface area contributed by atoms with Gasteiger partial charge in [-0.15, -0.1) is 0 Å². The molecule has 1 aromatic rings. The monoisotopic (exact) mass is 325 g/mol. The molecule has 1 atom stereocenters. The van der Waals surface area contributed by atoms with Crippen LogP contribution in [0, 0.1) is 5.92 Å². The molecule has 2 heterocycles. The van der Waals surface area contributed by atoms with Gasteiger partial charge < -0.3 is 14.4 Å². The minimum atomic E-state index is 0.0870. The van der Waals surface area contributed by atoms with E-state index in [4.69, 9.17) is 9.47 Å². The van der Waals surface area contributed by atoms with Crippen molar-refractivity contribution in [3.05, 3.63) is 23.8 Å². The molecule has 2 aliphatic heterocycles. The number of fused-ring (bicyclic) bond motifs is 1. The summed E-state index contributed by atoms with van der Waals surface area (Å²) in [6, 6.07) is 5.40. The van der Waals surface area contributed by atoms with Crippen LogP contribution in [0.1, 0.15) is 23.2 Å². The van der Waals surface area contributed by atoms with E-state index in [1.165, 1.54) is 6.42 Å². The first-order valence-corrected chi connectivity index (χ1v) is 7.65. The quantitative estimate of drug-likeness (QED) is 0.785. The van der Waals surface area contributed by atoms with Crippen LogP contribution in [0.15, 0.2) is 18.2 Å². The number of carbonyl (C=O) groups is 1. The molecule has 1 amide bonds. The van der Waals surface area contributed by atoms with Crippen LogP contribution in [-0.2, 0) is 0 Å². The molecule has 2 aliphatic rings. The third kappa shape index (κ3) is 2.56. The Morgan fingerprint density at radius 3 is 3.05 bits per heavy atom. The summed E-state index contributed by atoms with van der Waals surface area (Å²) in [5, 5.41) is 0.956. The minimum absolute atomic E-state index is 0.0870. The zero-order valence-electron chi connectivity index (χ0n) is 10.6. The molecule has 5 heteroatoms. The lowest BCUT2D eigenvalue weighted by atomic mass is 9.99. The van der Waals surface area contributed by atoms with E-state index in [1.807, 2.05) is 17.0 Å².